The molecule has 3 heteroatoms. The van der Waals surface area contributed by atoms with E-state index >= 15 is 0 Å². The lowest BCUT2D eigenvalue weighted by atomic mass is 9.96. The van der Waals surface area contributed by atoms with Crippen molar-refractivity contribution in [2.45, 2.75) is 19.9 Å². The maximum atomic E-state index is 3.58. The standard InChI is InChI=1S/C11H15Br2N/c1-7(2)11(14-3)9-6-8(12)4-5-10(9)13/h4-7,11,14H,1-3H3. The van der Waals surface area contributed by atoms with Gasteiger partial charge in [-0.3, -0.25) is 0 Å². The van der Waals surface area contributed by atoms with Crippen LogP contribution >= 0.6 is 31.9 Å². The molecule has 0 heterocycles. The molecular formula is C11H15Br2N. The lowest BCUT2D eigenvalue weighted by Gasteiger charge is -2.22. The summed E-state index contributed by atoms with van der Waals surface area (Å²) in [5.74, 6) is 0.575. The van der Waals surface area contributed by atoms with E-state index in [0.29, 0.717) is 12.0 Å². The average Bonchev–Trinajstić information content (AvgIpc) is 2.11. The Balaban J connectivity index is 3.08. The summed E-state index contributed by atoms with van der Waals surface area (Å²) in [4.78, 5) is 0. The van der Waals surface area contributed by atoms with Crippen LogP contribution in [0, 0.1) is 5.92 Å². The van der Waals surface area contributed by atoms with Gasteiger partial charge in [-0.1, -0.05) is 45.7 Å². The Bertz CT molecular complexity index is 310. The molecule has 0 saturated carbocycles. The number of hydrogen-bond donors (Lipinski definition) is 1. The van der Waals surface area contributed by atoms with Crippen LogP contribution in [0.4, 0.5) is 0 Å². The molecule has 0 aliphatic rings. The van der Waals surface area contributed by atoms with Crippen LogP contribution in [0.25, 0.3) is 0 Å². The summed E-state index contributed by atoms with van der Waals surface area (Å²) in [7, 11) is 2.00. The third kappa shape index (κ3) is 2.81. The molecule has 0 aliphatic carbocycles. The van der Waals surface area contributed by atoms with Gasteiger partial charge in [-0.15, -0.1) is 0 Å². The van der Waals surface area contributed by atoms with Crippen LogP contribution in [0.15, 0.2) is 27.1 Å². The Morgan fingerprint density at radius 2 is 1.86 bits per heavy atom. The van der Waals surface area contributed by atoms with Gasteiger partial charge in [-0.05, 0) is 36.7 Å². The van der Waals surface area contributed by atoms with Gasteiger partial charge >= 0.3 is 0 Å². The molecule has 0 saturated heterocycles. The topological polar surface area (TPSA) is 12.0 Å². The Morgan fingerprint density at radius 3 is 2.36 bits per heavy atom. The van der Waals surface area contributed by atoms with E-state index in [4.69, 9.17) is 0 Å². The van der Waals surface area contributed by atoms with Gasteiger partial charge in [-0.25, -0.2) is 0 Å². The van der Waals surface area contributed by atoms with E-state index in [2.05, 4.69) is 63.2 Å². The van der Waals surface area contributed by atoms with Crippen molar-refractivity contribution in [3.8, 4) is 0 Å². The first-order chi connectivity index (χ1) is 6.56. The zero-order valence-corrected chi connectivity index (χ0v) is 11.8. The lowest BCUT2D eigenvalue weighted by Crippen LogP contribution is -2.22. The van der Waals surface area contributed by atoms with E-state index in [1.807, 2.05) is 13.1 Å². The van der Waals surface area contributed by atoms with E-state index in [1.165, 1.54) is 5.56 Å². The predicted octanol–water partition coefficient (Wildman–Crippen LogP) is 4.13. The fourth-order valence-electron chi connectivity index (χ4n) is 1.60. The van der Waals surface area contributed by atoms with Crippen molar-refractivity contribution < 1.29 is 0 Å². The first-order valence-corrected chi connectivity index (χ1v) is 6.27. The van der Waals surface area contributed by atoms with E-state index in [-0.39, 0.29) is 0 Å². The molecule has 0 amide bonds. The third-order valence-electron chi connectivity index (χ3n) is 2.27. The van der Waals surface area contributed by atoms with Crippen molar-refractivity contribution in [1.29, 1.82) is 0 Å². The molecule has 0 radical (unpaired) electrons. The van der Waals surface area contributed by atoms with E-state index in [0.717, 1.165) is 8.95 Å². The molecule has 1 aromatic carbocycles. The van der Waals surface area contributed by atoms with Crippen molar-refractivity contribution in [2.24, 2.45) is 5.92 Å². The lowest BCUT2D eigenvalue weighted by molar-refractivity contribution is 0.441. The monoisotopic (exact) mass is 319 g/mol. The SMILES string of the molecule is CNC(c1cc(Br)ccc1Br)C(C)C. The van der Waals surface area contributed by atoms with Crippen LogP contribution in [0.2, 0.25) is 0 Å². The summed E-state index contributed by atoms with van der Waals surface area (Å²) in [5.41, 5.74) is 1.30. The van der Waals surface area contributed by atoms with E-state index < -0.39 is 0 Å². The van der Waals surface area contributed by atoms with Gasteiger partial charge in [0.15, 0.2) is 0 Å². The Morgan fingerprint density at radius 1 is 1.21 bits per heavy atom. The van der Waals surface area contributed by atoms with Crippen LogP contribution in [-0.4, -0.2) is 7.05 Å². The Kier molecular flexibility index (Phi) is 4.61. The quantitative estimate of drug-likeness (QED) is 0.883. The second-order valence-electron chi connectivity index (χ2n) is 3.68. The summed E-state index contributed by atoms with van der Waals surface area (Å²) in [6.07, 6.45) is 0. The maximum absolute atomic E-state index is 3.58. The van der Waals surface area contributed by atoms with Crippen molar-refractivity contribution in [3.63, 3.8) is 0 Å². The zero-order chi connectivity index (χ0) is 10.7. The molecule has 1 aromatic rings. The molecule has 0 aliphatic heterocycles. The highest BCUT2D eigenvalue weighted by Gasteiger charge is 2.16. The van der Waals surface area contributed by atoms with Gasteiger partial charge in [0.05, 0.1) is 0 Å². The van der Waals surface area contributed by atoms with Gasteiger partial charge < -0.3 is 5.32 Å². The molecule has 1 nitrogen and oxygen atoms in total. The molecule has 0 spiro atoms. The highest BCUT2D eigenvalue weighted by molar-refractivity contribution is 9.11. The molecule has 0 aromatic heterocycles. The molecular weight excluding hydrogens is 306 g/mol. The van der Waals surface area contributed by atoms with Crippen molar-refractivity contribution in [3.05, 3.63) is 32.7 Å². The van der Waals surface area contributed by atoms with E-state index in [9.17, 15) is 0 Å². The van der Waals surface area contributed by atoms with Crippen LogP contribution in [0.5, 0.6) is 0 Å². The minimum Gasteiger partial charge on any atom is -0.313 e. The highest BCUT2D eigenvalue weighted by Crippen LogP contribution is 2.30. The predicted molar refractivity (Wildman–Crippen MR) is 68.5 cm³/mol. The second-order valence-corrected chi connectivity index (χ2v) is 5.45. The van der Waals surface area contributed by atoms with Crippen LogP contribution in [-0.2, 0) is 0 Å². The average molecular weight is 321 g/mol. The van der Waals surface area contributed by atoms with Gasteiger partial charge in [0.25, 0.3) is 0 Å². The number of rotatable bonds is 3. The highest BCUT2D eigenvalue weighted by atomic mass is 79.9. The van der Waals surface area contributed by atoms with Crippen molar-refractivity contribution in [2.75, 3.05) is 7.05 Å². The summed E-state index contributed by atoms with van der Waals surface area (Å²) < 4.78 is 2.28. The van der Waals surface area contributed by atoms with Gasteiger partial charge in [0.1, 0.15) is 0 Å². The molecule has 14 heavy (non-hydrogen) atoms. The van der Waals surface area contributed by atoms with Crippen LogP contribution < -0.4 is 5.32 Å². The summed E-state index contributed by atoms with van der Waals surface area (Å²) in [6, 6.07) is 6.67. The minimum atomic E-state index is 0.391. The molecule has 1 rings (SSSR count). The Hall–Kier alpha value is 0.140. The number of halogens is 2. The summed E-state index contributed by atoms with van der Waals surface area (Å²) in [6.45, 7) is 4.43. The fourth-order valence-corrected chi connectivity index (χ4v) is 2.47. The largest absolute Gasteiger partial charge is 0.313 e. The molecule has 1 atom stereocenters. The minimum absolute atomic E-state index is 0.391. The fraction of sp³-hybridized carbons (Fsp3) is 0.455. The molecule has 0 fully saturated rings. The van der Waals surface area contributed by atoms with Crippen molar-refractivity contribution in [1.82, 2.24) is 5.32 Å². The summed E-state index contributed by atoms with van der Waals surface area (Å²) >= 11 is 7.07. The number of benzene rings is 1. The Labute approximate surface area is 103 Å². The third-order valence-corrected chi connectivity index (χ3v) is 3.49. The second kappa shape index (κ2) is 5.29. The molecule has 78 valence electrons. The normalized spacial score (nSPS) is 13.3. The maximum Gasteiger partial charge on any atom is 0.0352 e. The first kappa shape index (κ1) is 12.2. The van der Waals surface area contributed by atoms with Crippen molar-refractivity contribution >= 4 is 31.9 Å². The van der Waals surface area contributed by atoms with Crippen LogP contribution in [0.3, 0.4) is 0 Å². The first-order valence-electron chi connectivity index (χ1n) is 4.68. The zero-order valence-electron chi connectivity index (χ0n) is 8.64. The van der Waals surface area contributed by atoms with Gasteiger partial charge in [0, 0.05) is 15.0 Å². The smallest absolute Gasteiger partial charge is 0.0352 e. The molecule has 1 unspecified atom stereocenters. The number of hydrogen-bond acceptors (Lipinski definition) is 1. The summed E-state index contributed by atoms with van der Waals surface area (Å²) in [5, 5.41) is 3.34. The van der Waals surface area contributed by atoms with Crippen LogP contribution in [0.1, 0.15) is 25.5 Å². The number of nitrogens with one attached hydrogen (secondary N) is 1. The van der Waals surface area contributed by atoms with Gasteiger partial charge in [0.2, 0.25) is 0 Å². The molecule has 0 bridgehead atoms. The molecule has 1 N–H and O–H groups in total. The van der Waals surface area contributed by atoms with E-state index in [1.54, 1.807) is 0 Å². The van der Waals surface area contributed by atoms with Gasteiger partial charge in [-0.2, -0.15) is 0 Å².